The van der Waals surface area contributed by atoms with Crippen LogP contribution < -0.4 is 0 Å². The largest absolute Gasteiger partial charge is 0.379 e. The maximum Gasteiger partial charge on any atom is 0.189 e. The van der Waals surface area contributed by atoms with E-state index in [4.69, 9.17) is 14.2 Å². The van der Waals surface area contributed by atoms with E-state index in [1.807, 2.05) is 13.8 Å². The van der Waals surface area contributed by atoms with Crippen molar-refractivity contribution in [3.05, 3.63) is 0 Å². The van der Waals surface area contributed by atoms with Gasteiger partial charge in [0.15, 0.2) is 5.79 Å². The predicted octanol–water partition coefficient (Wildman–Crippen LogP) is 1.17. The van der Waals surface area contributed by atoms with Gasteiger partial charge in [-0.2, -0.15) is 0 Å². The monoisotopic (exact) mass is 206 g/mol. The van der Waals surface area contributed by atoms with Crippen molar-refractivity contribution in [1.82, 2.24) is 0 Å². The molecule has 0 heterocycles. The molecule has 0 fully saturated rings. The van der Waals surface area contributed by atoms with E-state index >= 15 is 0 Å². The fourth-order valence-corrected chi connectivity index (χ4v) is 0.978. The second-order valence-corrected chi connectivity index (χ2v) is 3.70. The molecule has 0 rings (SSSR count). The zero-order chi connectivity index (χ0) is 11.4. The molecule has 4 heteroatoms. The molecule has 14 heavy (non-hydrogen) atoms. The highest BCUT2D eigenvalue weighted by atomic mass is 16.7. The van der Waals surface area contributed by atoms with Crippen molar-refractivity contribution in [2.75, 3.05) is 14.2 Å². The summed E-state index contributed by atoms with van der Waals surface area (Å²) in [6.07, 6.45) is -0.632. The smallest absolute Gasteiger partial charge is 0.189 e. The molecular formula is C10H22O4. The molecule has 0 amide bonds. The lowest BCUT2D eigenvalue weighted by atomic mass is 10.1. The summed E-state index contributed by atoms with van der Waals surface area (Å²) < 4.78 is 15.6. The summed E-state index contributed by atoms with van der Waals surface area (Å²) in [5, 5.41) is 9.90. The summed E-state index contributed by atoms with van der Waals surface area (Å²) in [5.74, 6) is -1.29. The van der Waals surface area contributed by atoms with Crippen LogP contribution in [0.1, 0.15) is 27.7 Å². The molecular weight excluding hydrogens is 184 g/mol. The summed E-state index contributed by atoms with van der Waals surface area (Å²) >= 11 is 0. The van der Waals surface area contributed by atoms with E-state index in [0.717, 1.165) is 0 Å². The van der Waals surface area contributed by atoms with E-state index in [9.17, 15) is 5.11 Å². The first kappa shape index (κ1) is 13.8. The Bertz CT molecular complexity index is 158. The molecule has 4 nitrogen and oxygen atoms in total. The van der Waals surface area contributed by atoms with Crippen LogP contribution in [0.4, 0.5) is 0 Å². The minimum Gasteiger partial charge on any atom is -0.379 e. The van der Waals surface area contributed by atoms with Crippen LogP contribution in [0.15, 0.2) is 0 Å². The predicted molar refractivity (Wildman–Crippen MR) is 54.1 cm³/mol. The van der Waals surface area contributed by atoms with E-state index in [1.165, 1.54) is 7.11 Å². The molecule has 4 unspecified atom stereocenters. The summed E-state index contributed by atoms with van der Waals surface area (Å²) in [6.45, 7) is 7.08. The lowest BCUT2D eigenvalue weighted by molar-refractivity contribution is -0.275. The molecule has 0 aromatic heterocycles. The average Bonchev–Trinajstić information content (AvgIpc) is 2.14. The number of aliphatic hydroxyl groups is 1. The van der Waals surface area contributed by atoms with Crippen LogP contribution in [0.5, 0.6) is 0 Å². The summed E-state index contributed by atoms with van der Waals surface area (Å²) in [5.41, 5.74) is 0. The lowest BCUT2D eigenvalue weighted by Gasteiger charge is -2.33. The first-order valence-corrected chi connectivity index (χ1v) is 4.81. The number of rotatable bonds is 6. The number of ether oxygens (including phenoxy) is 3. The van der Waals surface area contributed by atoms with Gasteiger partial charge in [-0.3, -0.25) is 0 Å². The van der Waals surface area contributed by atoms with Crippen LogP contribution in [0.3, 0.4) is 0 Å². The molecule has 0 spiro atoms. The first-order valence-electron chi connectivity index (χ1n) is 4.81. The van der Waals surface area contributed by atoms with Crippen molar-refractivity contribution >= 4 is 0 Å². The Morgan fingerprint density at radius 1 is 1.00 bits per heavy atom. The van der Waals surface area contributed by atoms with E-state index < -0.39 is 5.79 Å². The van der Waals surface area contributed by atoms with Gasteiger partial charge in [-0.25, -0.2) is 0 Å². The molecule has 0 aliphatic carbocycles. The van der Waals surface area contributed by atoms with E-state index in [1.54, 1.807) is 21.0 Å². The average molecular weight is 206 g/mol. The Balaban J connectivity index is 4.20. The minimum absolute atomic E-state index is 0.0643. The number of methoxy groups -OCH3 is 2. The molecule has 0 saturated carbocycles. The molecule has 0 aromatic rings. The molecule has 0 aliphatic heterocycles. The molecule has 4 atom stereocenters. The van der Waals surface area contributed by atoms with Crippen molar-refractivity contribution in [2.45, 2.75) is 51.8 Å². The molecule has 1 N–H and O–H groups in total. The van der Waals surface area contributed by atoms with E-state index in [0.29, 0.717) is 0 Å². The van der Waals surface area contributed by atoms with Gasteiger partial charge in [-0.1, -0.05) is 0 Å². The van der Waals surface area contributed by atoms with Gasteiger partial charge in [0.05, 0.1) is 12.2 Å². The third kappa shape index (κ3) is 3.92. The first-order chi connectivity index (χ1) is 6.35. The summed E-state index contributed by atoms with van der Waals surface area (Å²) in [7, 11) is 3.14. The van der Waals surface area contributed by atoms with Gasteiger partial charge >= 0.3 is 0 Å². The molecule has 0 radical (unpaired) electrons. The topological polar surface area (TPSA) is 47.9 Å². The fraction of sp³-hybridized carbons (Fsp3) is 1.00. The maximum atomic E-state index is 9.90. The lowest BCUT2D eigenvalue weighted by Crippen LogP contribution is -2.46. The van der Waals surface area contributed by atoms with Gasteiger partial charge < -0.3 is 19.3 Å². The van der Waals surface area contributed by atoms with E-state index in [2.05, 4.69) is 0 Å². The standard InChI is InChI=1S/C10H22O4/c1-7(12-5)8(2)14-10(4,11)9(3)13-6/h7-9,11H,1-6H3. The second kappa shape index (κ2) is 5.66. The van der Waals surface area contributed by atoms with Crippen molar-refractivity contribution in [2.24, 2.45) is 0 Å². The zero-order valence-electron chi connectivity index (χ0n) is 9.90. The van der Waals surface area contributed by atoms with Crippen molar-refractivity contribution < 1.29 is 19.3 Å². The van der Waals surface area contributed by atoms with Gasteiger partial charge in [0.1, 0.15) is 6.10 Å². The molecule has 0 aromatic carbocycles. The van der Waals surface area contributed by atoms with E-state index in [-0.39, 0.29) is 18.3 Å². The highest BCUT2D eigenvalue weighted by molar-refractivity contribution is 4.72. The minimum atomic E-state index is -1.29. The zero-order valence-corrected chi connectivity index (χ0v) is 9.90. The Hall–Kier alpha value is -0.160. The third-order valence-corrected chi connectivity index (χ3v) is 2.57. The summed E-state index contributed by atoms with van der Waals surface area (Å²) in [6, 6.07) is 0. The maximum absolute atomic E-state index is 9.90. The SMILES string of the molecule is COC(C)C(C)OC(C)(O)C(C)OC. The highest BCUT2D eigenvalue weighted by Gasteiger charge is 2.32. The van der Waals surface area contributed by atoms with Crippen molar-refractivity contribution in [1.29, 1.82) is 0 Å². The van der Waals surface area contributed by atoms with Crippen molar-refractivity contribution in [3.63, 3.8) is 0 Å². The van der Waals surface area contributed by atoms with Gasteiger partial charge in [0.2, 0.25) is 0 Å². The van der Waals surface area contributed by atoms with Gasteiger partial charge in [0, 0.05) is 14.2 Å². The summed E-state index contributed by atoms with van der Waals surface area (Å²) in [4.78, 5) is 0. The van der Waals surface area contributed by atoms with Crippen LogP contribution in [-0.2, 0) is 14.2 Å². The highest BCUT2D eigenvalue weighted by Crippen LogP contribution is 2.18. The molecule has 0 aliphatic rings. The quantitative estimate of drug-likeness (QED) is 0.663. The molecule has 0 bridgehead atoms. The van der Waals surface area contributed by atoms with Crippen LogP contribution in [0, 0.1) is 0 Å². The third-order valence-electron chi connectivity index (χ3n) is 2.57. The fourth-order valence-electron chi connectivity index (χ4n) is 0.978. The Morgan fingerprint density at radius 3 is 1.86 bits per heavy atom. The second-order valence-electron chi connectivity index (χ2n) is 3.70. The Labute approximate surface area is 86.2 Å². The van der Waals surface area contributed by atoms with Crippen LogP contribution in [-0.4, -0.2) is 43.4 Å². The van der Waals surface area contributed by atoms with Crippen molar-refractivity contribution in [3.8, 4) is 0 Å². The van der Waals surface area contributed by atoms with Gasteiger partial charge in [-0.05, 0) is 27.7 Å². The van der Waals surface area contributed by atoms with Gasteiger partial charge in [0.25, 0.3) is 0 Å². The van der Waals surface area contributed by atoms with Crippen LogP contribution >= 0.6 is 0 Å². The van der Waals surface area contributed by atoms with Crippen LogP contribution in [0.25, 0.3) is 0 Å². The number of hydrogen-bond acceptors (Lipinski definition) is 4. The molecule has 0 saturated heterocycles. The Morgan fingerprint density at radius 2 is 1.50 bits per heavy atom. The normalized spacial score (nSPS) is 22.5. The van der Waals surface area contributed by atoms with Gasteiger partial charge in [-0.15, -0.1) is 0 Å². The Kier molecular flexibility index (Phi) is 5.59. The number of hydrogen-bond donors (Lipinski definition) is 1. The molecule has 86 valence electrons. The van der Waals surface area contributed by atoms with Crippen LogP contribution in [0.2, 0.25) is 0 Å².